The molecule has 1 N–H and O–H groups in total. The second-order valence-electron chi connectivity index (χ2n) is 5.36. The zero-order chi connectivity index (χ0) is 13.9. The molecule has 0 saturated carbocycles. The van der Waals surface area contributed by atoms with E-state index in [2.05, 4.69) is 5.23 Å². The number of esters is 2. The SMILES string of the molecule is CB1CC(C(=O)OC(C)C)C(C(=O)OC(C)C)N1. The van der Waals surface area contributed by atoms with Crippen molar-refractivity contribution < 1.29 is 19.1 Å². The fraction of sp³-hybridized carbons (Fsp3) is 0.833. The van der Waals surface area contributed by atoms with Gasteiger partial charge in [0.1, 0.15) is 6.04 Å². The van der Waals surface area contributed by atoms with Crippen LogP contribution >= 0.6 is 0 Å². The molecule has 1 aliphatic heterocycles. The molecule has 1 heterocycles. The number of rotatable bonds is 4. The van der Waals surface area contributed by atoms with Crippen molar-refractivity contribution in [2.75, 3.05) is 0 Å². The first-order chi connectivity index (χ1) is 8.31. The van der Waals surface area contributed by atoms with Crippen molar-refractivity contribution in [1.29, 1.82) is 0 Å². The first-order valence-corrected chi connectivity index (χ1v) is 6.48. The summed E-state index contributed by atoms with van der Waals surface area (Å²) in [5.74, 6) is -1.15. The van der Waals surface area contributed by atoms with E-state index < -0.39 is 12.0 Å². The van der Waals surface area contributed by atoms with Crippen molar-refractivity contribution in [3.05, 3.63) is 0 Å². The average molecular weight is 255 g/mol. The van der Waals surface area contributed by atoms with E-state index in [9.17, 15) is 9.59 Å². The van der Waals surface area contributed by atoms with Crippen LogP contribution < -0.4 is 5.23 Å². The number of ether oxygens (including phenoxy) is 2. The maximum atomic E-state index is 11.9. The summed E-state index contributed by atoms with van der Waals surface area (Å²) in [6, 6.07) is -0.589. The molecule has 0 bridgehead atoms. The van der Waals surface area contributed by atoms with E-state index in [-0.39, 0.29) is 31.0 Å². The highest BCUT2D eigenvalue weighted by molar-refractivity contribution is 6.56. The quantitative estimate of drug-likeness (QED) is 0.602. The van der Waals surface area contributed by atoms with Gasteiger partial charge < -0.3 is 14.7 Å². The summed E-state index contributed by atoms with van der Waals surface area (Å²) >= 11 is 0. The van der Waals surface area contributed by atoms with Gasteiger partial charge in [-0.15, -0.1) is 0 Å². The van der Waals surface area contributed by atoms with Gasteiger partial charge >= 0.3 is 11.9 Å². The fourth-order valence-corrected chi connectivity index (χ4v) is 2.10. The lowest BCUT2D eigenvalue weighted by molar-refractivity contribution is -0.160. The molecular weight excluding hydrogens is 233 g/mol. The highest BCUT2D eigenvalue weighted by Crippen LogP contribution is 2.23. The molecule has 5 nitrogen and oxygen atoms in total. The predicted octanol–water partition coefficient (Wildman–Crippen LogP) is 1.10. The third-order valence-corrected chi connectivity index (χ3v) is 2.73. The third-order valence-electron chi connectivity index (χ3n) is 2.73. The van der Waals surface area contributed by atoms with Gasteiger partial charge in [-0.25, -0.2) is 0 Å². The van der Waals surface area contributed by atoms with Crippen molar-refractivity contribution in [3.63, 3.8) is 0 Å². The topological polar surface area (TPSA) is 64.6 Å². The molecule has 2 atom stereocenters. The standard InChI is InChI=1S/C12H22BNO4/c1-7(2)17-11(15)9-6-13(5)14-10(9)12(16)18-8(3)4/h7-10,14H,6H2,1-5H3. The molecule has 1 saturated heterocycles. The summed E-state index contributed by atoms with van der Waals surface area (Å²) in [5, 5.41) is 3.09. The van der Waals surface area contributed by atoms with Crippen molar-refractivity contribution in [2.45, 2.75) is 59.1 Å². The number of carbonyl (C=O) groups excluding carboxylic acids is 2. The number of hydrogen-bond acceptors (Lipinski definition) is 5. The van der Waals surface area contributed by atoms with Crippen LogP contribution in [0.1, 0.15) is 27.7 Å². The Morgan fingerprint density at radius 2 is 1.61 bits per heavy atom. The maximum Gasteiger partial charge on any atom is 0.323 e. The van der Waals surface area contributed by atoms with E-state index in [0.717, 1.165) is 0 Å². The molecule has 1 fully saturated rings. The number of nitrogens with one attached hydrogen (secondary N) is 1. The van der Waals surface area contributed by atoms with Crippen LogP contribution in [-0.4, -0.2) is 37.0 Å². The number of carbonyl (C=O) groups is 2. The minimum atomic E-state index is -0.589. The van der Waals surface area contributed by atoms with Crippen LogP contribution in [0.2, 0.25) is 13.1 Å². The van der Waals surface area contributed by atoms with E-state index in [0.29, 0.717) is 6.32 Å². The highest BCUT2D eigenvalue weighted by Gasteiger charge is 2.44. The minimum absolute atomic E-state index is 0.111. The summed E-state index contributed by atoms with van der Waals surface area (Å²) in [6.45, 7) is 9.23. The van der Waals surface area contributed by atoms with Crippen LogP contribution in [0, 0.1) is 5.92 Å². The Kier molecular flexibility index (Phi) is 5.20. The highest BCUT2D eigenvalue weighted by atomic mass is 16.6. The summed E-state index contributed by atoms with van der Waals surface area (Å²) in [6.07, 6.45) is 0.246. The normalized spacial score (nSPS) is 23.6. The van der Waals surface area contributed by atoms with Gasteiger partial charge in [-0.05, 0) is 34.0 Å². The van der Waals surface area contributed by atoms with Gasteiger partial charge in [-0.2, -0.15) is 0 Å². The molecule has 0 radical (unpaired) electrons. The van der Waals surface area contributed by atoms with E-state index in [1.54, 1.807) is 27.7 Å². The van der Waals surface area contributed by atoms with Gasteiger partial charge in [0.2, 0.25) is 6.85 Å². The lowest BCUT2D eigenvalue weighted by Gasteiger charge is -2.20. The van der Waals surface area contributed by atoms with Crippen molar-refractivity contribution in [3.8, 4) is 0 Å². The molecule has 6 heteroatoms. The van der Waals surface area contributed by atoms with Gasteiger partial charge in [0.15, 0.2) is 0 Å². The van der Waals surface area contributed by atoms with E-state index >= 15 is 0 Å². The maximum absolute atomic E-state index is 11.9. The Bertz CT molecular complexity index is 289. The van der Waals surface area contributed by atoms with Crippen LogP contribution in [0.15, 0.2) is 0 Å². The zero-order valence-electron chi connectivity index (χ0n) is 11.7. The molecule has 102 valence electrons. The molecule has 18 heavy (non-hydrogen) atoms. The largest absolute Gasteiger partial charge is 0.463 e. The molecule has 0 aromatic heterocycles. The number of hydrogen-bond donors (Lipinski definition) is 1. The summed E-state index contributed by atoms with van der Waals surface area (Å²) in [4.78, 5) is 23.8. The molecule has 0 aliphatic carbocycles. The molecule has 0 aromatic rings. The van der Waals surface area contributed by atoms with Gasteiger partial charge in [-0.3, -0.25) is 9.59 Å². The minimum Gasteiger partial charge on any atom is -0.463 e. The Balaban J connectivity index is 2.69. The van der Waals surface area contributed by atoms with E-state index in [4.69, 9.17) is 9.47 Å². The fourth-order valence-electron chi connectivity index (χ4n) is 2.10. The molecule has 2 unspecified atom stereocenters. The van der Waals surface area contributed by atoms with Crippen LogP contribution in [-0.2, 0) is 19.1 Å². The summed E-state index contributed by atoms with van der Waals surface area (Å²) < 4.78 is 10.3. The van der Waals surface area contributed by atoms with E-state index in [1.807, 2.05) is 6.82 Å². The molecule has 1 rings (SSSR count). The Morgan fingerprint density at radius 1 is 1.11 bits per heavy atom. The van der Waals surface area contributed by atoms with Gasteiger partial charge in [0.25, 0.3) is 0 Å². The molecule has 0 amide bonds. The average Bonchev–Trinajstić information content (AvgIpc) is 2.58. The lowest BCUT2D eigenvalue weighted by Crippen LogP contribution is -2.43. The van der Waals surface area contributed by atoms with Crippen LogP contribution in [0.5, 0.6) is 0 Å². The summed E-state index contributed by atoms with van der Waals surface area (Å²) in [7, 11) is 0. The van der Waals surface area contributed by atoms with Crippen LogP contribution in [0.25, 0.3) is 0 Å². The smallest absolute Gasteiger partial charge is 0.323 e. The van der Waals surface area contributed by atoms with Gasteiger partial charge in [0, 0.05) is 0 Å². The van der Waals surface area contributed by atoms with Crippen molar-refractivity contribution in [2.24, 2.45) is 5.92 Å². The molecule has 1 aliphatic rings. The monoisotopic (exact) mass is 255 g/mol. The van der Waals surface area contributed by atoms with Gasteiger partial charge in [0.05, 0.1) is 18.1 Å². The van der Waals surface area contributed by atoms with Crippen molar-refractivity contribution in [1.82, 2.24) is 5.23 Å². The predicted molar refractivity (Wildman–Crippen MR) is 69.3 cm³/mol. The first-order valence-electron chi connectivity index (χ1n) is 6.48. The molecular formula is C12H22BNO4. The molecule has 0 spiro atoms. The zero-order valence-corrected chi connectivity index (χ0v) is 11.7. The Morgan fingerprint density at radius 3 is 2.11 bits per heavy atom. The van der Waals surface area contributed by atoms with E-state index in [1.165, 1.54) is 0 Å². The lowest BCUT2D eigenvalue weighted by atomic mass is 9.63. The third kappa shape index (κ3) is 4.01. The van der Waals surface area contributed by atoms with Crippen molar-refractivity contribution >= 4 is 18.8 Å². The Labute approximate surface area is 109 Å². The second-order valence-corrected chi connectivity index (χ2v) is 5.36. The Hall–Kier alpha value is -1.04. The summed E-state index contributed by atoms with van der Waals surface area (Å²) in [5.41, 5.74) is 0. The van der Waals surface area contributed by atoms with Crippen LogP contribution in [0.4, 0.5) is 0 Å². The van der Waals surface area contributed by atoms with Crippen LogP contribution in [0.3, 0.4) is 0 Å². The van der Waals surface area contributed by atoms with Gasteiger partial charge in [-0.1, -0.05) is 6.82 Å². The second kappa shape index (κ2) is 6.23. The first kappa shape index (κ1) is 15.0. The molecule has 0 aromatic carbocycles.